The summed E-state index contributed by atoms with van der Waals surface area (Å²) >= 11 is 3.08. The van der Waals surface area contributed by atoms with Crippen LogP contribution >= 0.6 is 15.9 Å². The third kappa shape index (κ3) is 1.02. The molecule has 10 heavy (non-hydrogen) atoms. The molecule has 54 valence electrons. The van der Waals surface area contributed by atoms with Gasteiger partial charge in [0.1, 0.15) is 0 Å². The van der Waals surface area contributed by atoms with Gasteiger partial charge in [-0.3, -0.25) is 0 Å². The highest BCUT2D eigenvalue weighted by molar-refractivity contribution is 9.10. The zero-order valence-corrected chi connectivity index (χ0v) is 6.70. The van der Waals surface area contributed by atoms with E-state index in [0.717, 1.165) is 0 Å². The van der Waals surface area contributed by atoms with Gasteiger partial charge in [-0.25, -0.2) is 4.57 Å². The van der Waals surface area contributed by atoms with Gasteiger partial charge >= 0.3 is 5.95 Å². The molecule has 5 nitrogen and oxygen atoms in total. The van der Waals surface area contributed by atoms with Crippen LogP contribution in [-0.2, 0) is 7.05 Å². The van der Waals surface area contributed by atoms with Crippen molar-refractivity contribution in [2.75, 3.05) is 0 Å². The average molecular weight is 206 g/mol. The lowest BCUT2D eigenvalue weighted by atomic mass is 10.9. The number of nitro groups is 1. The van der Waals surface area contributed by atoms with Gasteiger partial charge < -0.3 is 10.1 Å². The Morgan fingerprint density at radius 2 is 2.50 bits per heavy atom. The molecule has 0 fully saturated rings. The lowest BCUT2D eigenvalue weighted by Gasteiger charge is -1.92. The Morgan fingerprint density at radius 3 is 2.70 bits per heavy atom. The predicted octanol–water partition coefficient (Wildman–Crippen LogP) is 1.09. The van der Waals surface area contributed by atoms with E-state index in [1.807, 2.05) is 0 Å². The standard InChI is InChI=1S/C4H4BrN3O2/c1-7-3(5)2-6-4(7)8(9)10/h2H,1H3. The SMILES string of the molecule is Cn1c(Br)cnc1[N+](=O)[O-]. The van der Waals surface area contributed by atoms with Crippen molar-refractivity contribution in [3.63, 3.8) is 0 Å². The van der Waals surface area contributed by atoms with Crippen LogP contribution in [0.5, 0.6) is 0 Å². The zero-order valence-electron chi connectivity index (χ0n) is 5.11. The second-order valence-corrected chi connectivity index (χ2v) is 2.51. The van der Waals surface area contributed by atoms with E-state index in [1.54, 1.807) is 7.05 Å². The molecule has 0 saturated heterocycles. The van der Waals surface area contributed by atoms with E-state index in [2.05, 4.69) is 20.9 Å². The first-order valence-corrected chi connectivity index (χ1v) is 3.24. The van der Waals surface area contributed by atoms with Gasteiger partial charge in [0.15, 0.2) is 10.8 Å². The van der Waals surface area contributed by atoms with Crippen LogP contribution in [0.1, 0.15) is 0 Å². The van der Waals surface area contributed by atoms with E-state index in [9.17, 15) is 10.1 Å². The van der Waals surface area contributed by atoms with E-state index in [4.69, 9.17) is 0 Å². The Kier molecular flexibility index (Phi) is 1.71. The maximum Gasteiger partial charge on any atom is 0.435 e. The molecule has 0 bridgehead atoms. The van der Waals surface area contributed by atoms with Crippen molar-refractivity contribution < 1.29 is 4.92 Å². The van der Waals surface area contributed by atoms with Crippen molar-refractivity contribution in [2.24, 2.45) is 7.05 Å². The number of rotatable bonds is 1. The van der Waals surface area contributed by atoms with Gasteiger partial charge in [0.2, 0.25) is 0 Å². The molecule has 0 aliphatic heterocycles. The summed E-state index contributed by atoms with van der Waals surface area (Å²) in [5.74, 6) is -0.160. The van der Waals surface area contributed by atoms with Crippen molar-refractivity contribution in [3.05, 3.63) is 20.9 Å². The van der Waals surface area contributed by atoms with Gasteiger partial charge in [0, 0.05) is 0 Å². The minimum absolute atomic E-state index is 0.160. The molecule has 1 rings (SSSR count). The quantitative estimate of drug-likeness (QED) is 0.510. The molecule has 6 heteroatoms. The van der Waals surface area contributed by atoms with Crippen molar-refractivity contribution in [3.8, 4) is 0 Å². The van der Waals surface area contributed by atoms with Crippen LogP contribution in [0.25, 0.3) is 0 Å². The number of nitrogens with zero attached hydrogens (tertiary/aromatic N) is 3. The van der Waals surface area contributed by atoms with Crippen LogP contribution in [0, 0.1) is 10.1 Å². The molecular weight excluding hydrogens is 202 g/mol. The third-order valence-corrected chi connectivity index (χ3v) is 1.81. The fraction of sp³-hybridized carbons (Fsp3) is 0.250. The first-order chi connectivity index (χ1) is 4.63. The summed E-state index contributed by atoms with van der Waals surface area (Å²) < 4.78 is 1.94. The highest BCUT2D eigenvalue weighted by atomic mass is 79.9. The largest absolute Gasteiger partial charge is 0.435 e. The van der Waals surface area contributed by atoms with Gasteiger partial charge in [-0.15, -0.1) is 0 Å². The molecule has 1 aromatic heterocycles. The third-order valence-electron chi connectivity index (χ3n) is 1.07. The van der Waals surface area contributed by atoms with Crippen LogP contribution in [0.2, 0.25) is 0 Å². The highest BCUT2D eigenvalue weighted by Crippen LogP contribution is 2.14. The van der Waals surface area contributed by atoms with E-state index >= 15 is 0 Å². The van der Waals surface area contributed by atoms with Crippen molar-refractivity contribution >= 4 is 21.9 Å². The van der Waals surface area contributed by atoms with Gasteiger partial charge in [0.05, 0.1) is 7.05 Å². The van der Waals surface area contributed by atoms with Gasteiger partial charge in [0.25, 0.3) is 0 Å². The van der Waals surface area contributed by atoms with Crippen molar-refractivity contribution in [1.82, 2.24) is 9.55 Å². The molecule has 0 amide bonds. The number of hydrogen-bond donors (Lipinski definition) is 0. The lowest BCUT2D eigenvalue weighted by Crippen LogP contribution is -1.97. The van der Waals surface area contributed by atoms with Crippen LogP contribution in [0.3, 0.4) is 0 Å². The summed E-state index contributed by atoms with van der Waals surface area (Å²) in [4.78, 5) is 13.1. The summed E-state index contributed by atoms with van der Waals surface area (Å²) in [6, 6.07) is 0. The smallest absolute Gasteiger partial charge is 0.390 e. The summed E-state index contributed by atoms with van der Waals surface area (Å²) in [5.41, 5.74) is 0. The minimum atomic E-state index is -0.537. The Bertz CT molecular complexity index is 269. The maximum absolute atomic E-state index is 10.1. The first-order valence-electron chi connectivity index (χ1n) is 2.44. The van der Waals surface area contributed by atoms with Crippen LogP contribution in [0.15, 0.2) is 10.8 Å². The Labute approximate surface area is 65.0 Å². The van der Waals surface area contributed by atoms with Crippen LogP contribution in [0.4, 0.5) is 5.95 Å². The van der Waals surface area contributed by atoms with Crippen LogP contribution in [-0.4, -0.2) is 14.5 Å². The van der Waals surface area contributed by atoms with Crippen molar-refractivity contribution in [1.29, 1.82) is 0 Å². The van der Waals surface area contributed by atoms with Crippen molar-refractivity contribution in [2.45, 2.75) is 0 Å². The molecule has 1 heterocycles. The van der Waals surface area contributed by atoms with E-state index < -0.39 is 4.92 Å². The second-order valence-electron chi connectivity index (χ2n) is 1.70. The number of hydrogen-bond acceptors (Lipinski definition) is 3. The lowest BCUT2D eigenvalue weighted by molar-refractivity contribution is -0.396. The maximum atomic E-state index is 10.1. The van der Waals surface area contributed by atoms with E-state index in [1.165, 1.54) is 10.8 Å². The fourth-order valence-corrected chi connectivity index (χ4v) is 0.810. The topological polar surface area (TPSA) is 61.0 Å². The molecule has 0 atom stereocenters. The summed E-state index contributed by atoms with van der Waals surface area (Å²) in [6.45, 7) is 0. The van der Waals surface area contributed by atoms with E-state index in [-0.39, 0.29) is 5.95 Å². The monoisotopic (exact) mass is 205 g/mol. The highest BCUT2D eigenvalue weighted by Gasteiger charge is 2.14. The molecule has 0 unspecified atom stereocenters. The fourth-order valence-electron chi connectivity index (χ4n) is 0.549. The van der Waals surface area contributed by atoms with E-state index in [0.29, 0.717) is 4.60 Å². The molecule has 0 radical (unpaired) electrons. The molecule has 0 aliphatic carbocycles. The van der Waals surface area contributed by atoms with Crippen LogP contribution < -0.4 is 0 Å². The average Bonchev–Trinajstić information content (AvgIpc) is 2.14. The molecule has 1 aromatic rings. The zero-order chi connectivity index (χ0) is 7.72. The Morgan fingerprint density at radius 1 is 1.90 bits per heavy atom. The first kappa shape index (κ1) is 7.20. The summed E-state index contributed by atoms with van der Waals surface area (Å²) in [7, 11) is 1.56. The summed E-state index contributed by atoms with van der Waals surface area (Å²) in [5, 5.41) is 10.1. The molecule has 0 spiro atoms. The Balaban J connectivity index is 3.17. The van der Waals surface area contributed by atoms with Gasteiger partial charge in [-0.1, -0.05) is 4.98 Å². The summed E-state index contributed by atoms with van der Waals surface area (Å²) in [6.07, 6.45) is 1.39. The molecular formula is C4H4BrN3O2. The van der Waals surface area contributed by atoms with Gasteiger partial charge in [-0.2, -0.15) is 0 Å². The number of halogens is 1. The number of aromatic nitrogens is 2. The predicted molar refractivity (Wildman–Crippen MR) is 37.6 cm³/mol. The molecule has 0 saturated carbocycles. The number of imidazole rings is 1. The second kappa shape index (κ2) is 2.37. The molecule has 0 aromatic carbocycles. The molecule has 0 aliphatic rings. The minimum Gasteiger partial charge on any atom is -0.390 e. The molecule has 0 N–H and O–H groups in total. The van der Waals surface area contributed by atoms with Gasteiger partial charge in [-0.05, 0) is 20.9 Å². The normalized spacial score (nSPS) is 9.80. The Hall–Kier alpha value is -0.910.